The number of aliphatic hydroxyl groups is 1. The van der Waals surface area contributed by atoms with Gasteiger partial charge in [0.15, 0.2) is 0 Å². The second kappa shape index (κ2) is 4.99. The molecule has 0 bridgehead atoms. The van der Waals surface area contributed by atoms with Gasteiger partial charge in [-0.25, -0.2) is 8.78 Å². The average molecular weight is 257 g/mol. The van der Waals surface area contributed by atoms with Crippen molar-refractivity contribution in [2.24, 2.45) is 0 Å². The van der Waals surface area contributed by atoms with Crippen LogP contribution in [-0.4, -0.2) is 39.8 Å². The van der Waals surface area contributed by atoms with E-state index in [1.165, 1.54) is 11.0 Å². The summed E-state index contributed by atoms with van der Waals surface area (Å²) in [6, 6.07) is 2.60. The van der Waals surface area contributed by atoms with Gasteiger partial charge >= 0.3 is 5.97 Å². The van der Waals surface area contributed by atoms with Crippen LogP contribution in [-0.2, 0) is 11.3 Å². The molecule has 2 unspecified atom stereocenters. The zero-order chi connectivity index (χ0) is 13.3. The first-order valence-electron chi connectivity index (χ1n) is 5.57. The van der Waals surface area contributed by atoms with Crippen molar-refractivity contribution >= 4 is 5.97 Å². The van der Waals surface area contributed by atoms with Crippen LogP contribution in [0.15, 0.2) is 18.2 Å². The summed E-state index contributed by atoms with van der Waals surface area (Å²) in [5.41, 5.74) is -0.169. The van der Waals surface area contributed by atoms with Crippen LogP contribution < -0.4 is 0 Å². The molecule has 0 aliphatic carbocycles. The van der Waals surface area contributed by atoms with Crippen LogP contribution in [0.5, 0.6) is 0 Å². The number of β-amino-alcohol motifs (C(OH)–C–C–N with tert-alkyl or cyclic N) is 1. The summed E-state index contributed by atoms with van der Waals surface area (Å²) in [6.45, 7) is -0.0583. The minimum Gasteiger partial charge on any atom is -0.480 e. The third-order valence-corrected chi connectivity index (χ3v) is 3.09. The van der Waals surface area contributed by atoms with Crippen LogP contribution in [0.4, 0.5) is 8.78 Å². The molecule has 0 aromatic heterocycles. The van der Waals surface area contributed by atoms with E-state index in [0.29, 0.717) is 0 Å². The van der Waals surface area contributed by atoms with Gasteiger partial charge in [0.2, 0.25) is 0 Å². The van der Waals surface area contributed by atoms with Gasteiger partial charge in [0.05, 0.1) is 6.10 Å². The molecule has 1 heterocycles. The fourth-order valence-corrected chi connectivity index (χ4v) is 2.20. The van der Waals surface area contributed by atoms with E-state index in [9.17, 15) is 18.7 Å². The molecule has 2 rings (SSSR count). The minimum atomic E-state index is -1.09. The highest BCUT2D eigenvalue weighted by Crippen LogP contribution is 2.23. The van der Waals surface area contributed by atoms with Crippen molar-refractivity contribution in [3.8, 4) is 0 Å². The van der Waals surface area contributed by atoms with Crippen molar-refractivity contribution in [3.05, 3.63) is 35.4 Å². The number of aliphatic carboxylic acids is 1. The standard InChI is InChI=1S/C12H13F2NO3/c13-9-2-1-3-10(14)8(9)6-15-5-7(16)4-11(15)12(17)18/h1-3,7,11,16H,4-6H2,(H,17,18). The maximum absolute atomic E-state index is 13.5. The third kappa shape index (κ3) is 2.49. The molecule has 1 fully saturated rings. The molecule has 1 aromatic rings. The first-order chi connectivity index (χ1) is 8.49. The van der Waals surface area contributed by atoms with Crippen LogP contribution in [0.1, 0.15) is 12.0 Å². The van der Waals surface area contributed by atoms with E-state index >= 15 is 0 Å². The lowest BCUT2D eigenvalue weighted by molar-refractivity contribution is -0.142. The van der Waals surface area contributed by atoms with Crippen LogP contribution >= 0.6 is 0 Å². The average Bonchev–Trinajstić information content (AvgIpc) is 2.65. The molecule has 2 N–H and O–H groups in total. The predicted octanol–water partition coefficient (Wildman–Crippen LogP) is 0.985. The number of rotatable bonds is 3. The Morgan fingerprint density at radius 3 is 2.56 bits per heavy atom. The molecule has 0 saturated carbocycles. The number of hydrogen-bond acceptors (Lipinski definition) is 3. The smallest absolute Gasteiger partial charge is 0.321 e. The lowest BCUT2D eigenvalue weighted by Crippen LogP contribution is -2.35. The molecule has 98 valence electrons. The second-order valence-corrected chi connectivity index (χ2v) is 4.37. The fourth-order valence-electron chi connectivity index (χ4n) is 2.20. The number of benzene rings is 1. The van der Waals surface area contributed by atoms with E-state index in [2.05, 4.69) is 0 Å². The summed E-state index contributed by atoms with van der Waals surface area (Å²) in [6.07, 6.45) is -0.702. The van der Waals surface area contributed by atoms with Gasteiger partial charge in [-0.1, -0.05) is 6.07 Å². The Morgan fingerprint density at radius 1 is 1.39 bits per heavy atom. The van der Waals surface area contributed by atoms with E-state index in [1.54, 1.807) is 0 Å². The van der Waals surface area contributed by atoms with E-state index in [0.717, 1.165) is 12.1 Å². The van der Waals surface area contributed by atoms with Gasteiger partial charge in [0.25, 0.3) is 0 Å². The fraction of sp³-hybridized carbons (Fsp3) is 0.417. The number of carbonyl (C=O) groups is 1. The Hall–Kier alpha value is -1.53. The summed E-state index contributed by atoms with van der Waals surface area (Å²) in [5.74, 6) is -2.51. The van der Waals surface area contributed by atoms with Gasteiger partial charge in [0.1, 0.15) is 17.7 Å². The van der Waals surface area contributed by atoms with Crippen LogP contribution in [0.3, 0.4) is 0 Å². The number of carboxylic acid groups (broad SMARTS) is 1. The molecule has 0 spiro atoms. The van der Waals surface area contributed by atoms with Crippen LogP contribution in [0, 0.1) is 11.6 Å². The zero-order valence-corrected chi connectivity index (χ0v) is 9.51. The number of carboxylic acids is 1. The van der Waals surface area contributed by atoms with Crippen molar-refractivity contribution in [1.82, 2.24) is 4.90 Å². The van der Waals surface area contributed by atoms with Gasteiger partial charge in [-0.3, -0.25) is 9.69 Å². The zero-order valence-electron chi connectivity index (χ0n) is 9.51. The van der Waals surface area contributed by atoms with Crippen molar-refractivity contribution in [2.45, 2.75) is 25.1 Å². The van der Waals surface area contributed by atoms with E-state index in [1.807, 2.05) is 0 Å². The van der Waals surface area contributed by atoms with Crippen molar-refractivity contribution in [1.29, 1.82) is 0 Å². The summed E-state index contributed by atoms with van der Waals surface area (Å²) < 4.78 is 26.9. The van der Waals surface area contributed by atoms with Gasteiger partial charge in [-0.05, 0) is 12.1 Å². The lowest BCUT2D eigenvalue weighted by atomic mass is 10.1. The molecule has 4 nitrogen and oxygen atoms in total. The van der Waals surface area contributed by atoms with Crippen molar-refractivity contribution in [2.75, 3.05) is 6.54 Å². The quantitative estimate of drug-likeness (QED) is 0.847. The highest BCUT2D eigenvalue weighted by molar-refractivity contribution is 5.74. The van der Waals surface area contributed by atoms with E-state index in [4.69, 9.17) is 5.11 Å². The molecule has 1 saturated heterocycles. The Morgan fingerprint density at radius 2 is 2.00 bits per heavy atom. The summed E-state index contributed by atoms with van der Waals surface area (Å²) >= 11 is 0. The molecule has 1 aromatic carbocycles. The monoisotopic (exact) mass is 257 g/mol. The number of hydrogen-bond donors (Lipinski definition) is 2. The largest absolute Gasteiger partial charge is 0.480 e. The summed E-state index contributed by atoms with van der Waals surface area (Å²) in [4.78, 5) is 12.3. The molecular formula is C12H13F2NO3. The molecule has 0 amide bonds. The Labute approximate surface area is 102 Å². The topological polar surface area (TPSA) is 60.8 Å². The Bertz CT molecular complexity index is 446. The lowest BCUT2D eigenvalue weighted by Gasteiger charge is -2.21. The highest BCUT2D eigenvalue weighted by Gasteiger charge is 2.36. The van der Waals surface area contributed by atoms with Crippen molar-refractivity contribution < 1.29 is 23.8 Å². The maximum Gasteiger partial charge on any atom is 0.321 e. The van der Waals surface area contributed by atoms with E-state index in [-0.39, 0.29) is 25.1 Å². The molecule has 6 heteroatoms. The second-order valence-electron chi connectivity index (χ2n) is 4.37. The Kier molecular flexibility index (Phi) is 3.58. The predicted molar refractivity (Wildman–Crippen MR) is 58.8 cm³/mol. The van der Waals surface area contributed by atoms with Crippen LogP contribution in [0.2, 0.25) is 0 Å². The summed E-state index contributed by atoms with van der Waals surface area (Å²) in [7, 11) is 0. The number of nitrogens with zero attached hydrogens (tertiary/aromatic N) is 1. The minimum absolute atomic E-state index is 0.0748. The van der Waals surface area contributed by atoms with Crippen LogP contribution in [0.25, 0.3) is 0 Å². The summed E-state index contributed by atoms with van der Waals surface area (Å²) in [5, 5.41) is 18.4. The van der Waals surface area contributed by atoms with Gasteiger partial charge in [-0.15, -0.1) is 0 Å². The normalized spacial score (nSPS) is 24.4. The third-order valence-electron chi connectivity index (χ3n) is 3.09. The molecular weight excluding hydrogens is 244 g/mol. The molecule has 2 atom stereocenters. The first-order valence-corrected chi connectivity index (χ1v) is 5.57. The SMILES string of the molecule is O=C(O)C1CC(O)CN1Cc1c(F)cccc1F. The number of halogens is 2. The van der Waals surface area contributed by atoms with Crippen molar-refractivity contribution in [3.63, 3.8) is 0 Å². The molecule has 18 heavy (non-hydrogen) atoms. The highest BCUT2D eigenvalue weighted by atomic mass is 19.1. The first kappa shape index (κ1) is 12.9. The number of likely N-dealkylation sites (tertiary alicyclic amines) is 1. The molecule has 1 aliphatic heterocycles. The van der Waals surface area contributed by atoms with Gasteiger partial charge in [-0.2, -0.15) is 0 Å². The van der Waals surface area contributed by atoms with Gasteiger partial charge in [0, 0.05) is 25.1 Å². The van der Waals surface area contributed by atoms with Gasteiger partial charge < -0.3 is 10.2 Å². The Balaban J connectivity index is 2.20. The van der Waals surface area contributed by atoms with E-state index < -0.39 is 29.7 Å². The molecule has 0 radical (unpaired) electrons. The molecule has 1 aliphatic rings. The maximum atomic E-state index is 13.5. The number of aliphatic hydroxyl groups excluding tert-OH is 1.